The molecule has 0 spiro atoms. The van der Waals surface area contributed by atoms with E-state index in [0.717, 1.165) is 25.9 Å². The summed E-state index contributed by atoms with van der Waals surface area (Å²) in [6.45, 7) is 6.72. The second-order valence-corrected chi connectivity index (χ2v) is 4.85. The minimum absolute atomic E-state index is 0.288. The molecule has 0 aliphatic rings. The highest BCUT2D eigenvalue weighted by molar-refractivity contribution is 5.02. The molecule has 0 rings (SSSR count). The maximum absolute atomic E-state index is 8.73. The molecule has 2 heteroatoms. The van der Waals surface area contributed by atoms with E-state index in [-0.39, 0.29) is 6.61 Å². The van der Waals surface area contributed by atoms with Gasteiger partial charge in [-0.3, -0.25) is 0 Å². The van der Waals surface area contributed by atoms with Gasteiger partial charge in [0.2, 0.25) is 0 Å². The fraction of sp³-hybridized carbons (Fsp3) is 0.750. The first-order valence-corrected chi connectivity index (χ1v) is 7.36. The topological polar surface area (TPSA) is 23.5 Å². The van der Waals surface area contributed by atoms with Crippen LogP contribution in [-0.4, -0.2) is 36.8 Å². The highest BCUT2D eigenvalue weighted by atomic mass is 16.3. The van der Waals surface area contributed by atoms with E-state index in [2.05, 4.69) is 44.0 Å². The third kappa shape index (κ3) is 10.5. The first-order chi connectivity index (χ1) is 8.74. The van der Waals surface area contributed by atoms with Gasteiger partial charge in [0.15, 0.2) is 0 Å². The molecular formula is C16H31NO. The molecule has 1 N–H and O–H groups in total. The number of hydrogen-bond donors (Lipinski definition) is 1. The summed E-state index contributed by atoms with van der Waals surface area (Å²) in [5, 5.41) is 8.73. The van der Waals surface area contributed by atoms with Crippen LogP contribution in [0.25, 0.3) is 0 Å². The van der Waals surface area contributed by atoms with Crippen molar-refractivity contribution < 1.29 is 5.11 Å². The molecule has 0 unspecified atom stereocenters. The van der Waals surface area contributed by atoms with Crippen molar-refractivity contribution in [2.75, 3.05) is 26.7 Å². The van der Waals surface area contributed by atoms with Gasteiger partial charge in [0.05, 0.1) is 0 Å². The zero-order valence-electron chi connectivity index (χ0n) is 12.5. The van der Waals surface area contributed by atoms with Gasteiger partial charge in [0.1, 0.15) is 0 Å². The number of aliphatic hydroxyl groups excluding tert-OH is 1. The second kappa shape index (κ2) is 12.8. The van der Waals surface area contributed by atoms with E-state index >= 15 is 0 Å². The molecule has 0 aromatic heterocycles. The van der Waals surface area contributed by atoms with Gasteiger partial charge in [0, 0.05) is 19.7 Å². The highest BCUT2D eigenvalue weighted by Crippen LogP contribution is 2.11. The standard InChI is InChI=1S/C16H31NO/c1-4-6-11-16(5-2)12-8-7-9-13-17(3)14-10-15-18/h7,9,11,18H,4-6,8,10,12-15H2,1-3H3/b9-7-,16-11-. The second-order valence-electron chi connectivity index (χ2n) is 4.85. The Morgan fingerprint density at radius 2 is 1.94 bits per heavy atom. The molecule has 0 fully saturated rings. The van der Waals surface area contributed by atoms with Crippen LogP contribution in [0, 0.1) is 0 Å². The maximum Gasteiger partial charge on any atom is 0.0443 e. The minimum atomic E-state index is 0.288. The SMILES string of the molecule is CCC/C=C(/CC)CC/C=C\CN(C)CCCO. The third-order valence-electron chi connectivity index (χ3n) is 3.09. The predicted molar refractivity (Wildman–Crippen MR) is 80.9 cm³/mol. The monoisotopic (exact) mass is 253 g/mol. The van der Waals surface area contributed by atoms with E-state index in [1.54, 1.807) is 5.57 Å². The molecule has 0 aliphatic heterocycles. The largest absolute Gasteiger partial charge is 0.396 e. The van der Waals surface area contributed by atoms with Crippen LogP contribution in [0.1, 0.15) is 52.4 Å². The van der Waals surface area contributed by atoms with Crippen LogP contribution in [0.5, 0.6) is 0 Å². The zero-order valence-corrected chi connectivity index (χ0v) is 12.5. The van der Waals surface area contributed by atoms with Gasteiger partial charge in [0.25, 0.3) is 0 Å². The van der Waals surface area contributed by atoms with Crippen LogP contribution in [0.3, 0.4) is 0 Å². The lowest BCUT2D eigenvalue weighted by atomic mass is 10.1. The van der Waals surface area contributed by atoms with Gasteiger partial charge in [-0.05, 0) is 39.2 Å². The van der Waals surface area contributed by atoms with Gasteiger partial charge in [-0.25, -0.2) is 0 Å². The average molecular weight is 253 g/mol. The Labute approximate surface area is 113 Å². The summed E-state index contributed by atoms with van der Waals surface area (Å²) in [6, 6.07) is 0. The van der Waals surface area contributed by atoms with Crippen molar-refractivity contribution in [1.82, 2.24) is 4.90 Å². The van der Waals surface area contributed by atoms with E-state index in [9.17, 15) is 0 Å². The van der Waals surface area contributed by atoms with Crippen LogP contribution in [-0.2, 0) is 0 Å². The van der Waals surface area contributed by atoms with Crippen LogP contribution in [0.15, 0.2) is 23.8 Å². The quantitative estimate of drug-likeness (QED) is 0.567. The van der Waals surface area contributed by atoms with Gasteiger partial charge < -0.3 is 10.0 Å². The summed E-state index contributed by atoms with van der Waals surface area (Å²) in [5.74, 6) is 0. The Morgan fingerprint density at radius 3 is 2.56 bits per heavy atom. The first-order valence-electron chi connectivity index (χ1n) is 7.36. The van der Waals surface area contributed by atoms with Crippen molar-refractivity contribution in [1.29, 1.82) is 0 Å². The molecule has 0 atom stereocenters. The summed E-state index contributed by atoms with van der Waals surface area (Å²) >= 11 is 0. The Kier molecular flexibility index (Phi) is 12.4. The van der Waals surface area contributed by atoms with Crippen LogP contribution >= 0.6 is 0 Å². The zero-order chi connectivity index (χ0) is 13.6. The van der Waals surface area contributed by atoms with Crippen LogP contribution < -0.4 is 0 Å². The van der Waals surface area contributed by atoms with E-state index in [0.29, 0.717) is 0 Å². The fourth-order valence-electron chi connectivity index (χ4n) is 1.84. The lowest BCUT2D eigenvalue weighted by Crippen LogP contribution is -2.20. The van der Waals surface area contributed by atoms with Crippen molar-refractivity contribution in [2.24, 2.45) is 0 Å². The Bertz CT molecular complexity index is 233. The predicted octanol–water partition coefficient (Wildman–Crippen LogP) is 3.77. The van der Waals surface area contributed by atoms with Crippen molar-refractivity contribution in [2.45, 2.75) is 52.4 Å². The number of allylic oxidation sites excluding steroid dienone is 3. The molecule has 0 aromatic carbocycles. The van der Waals surface area contributed by atoms with Crippen LogP contribution in [0.4, 0.5) is 0 Å². The molecule has 0 bridgehead atoms. The summed E-state index contributed by atoms with van der Waals surface area (Å²) in [4.78, 5) is 2.24. The molecular weight excluding hydrogens is 222 g/mol. The molecule has 0 saturated heterocycles. The molecule has 0 amide bonds. The van der Waals surface area contributed by atoms with E-state index in [4.69, 9.17) is 5.11 Å². The van der Waals surface area contributed by atoms with Gasteiger partial charge in [-0.15, -0.1) is 0 Å². The molecule has 2 nitrogen and oxygen atoms in total. The van der Waals surface area contributed by atoms with E-state index in [1.165, 1.54) is 25.7 Å². The van der Waals surface area contributed by atoms with E-state index in [1.807, 2.05) is 0 Å². The lowest BCUT2D eigenvalue weighted by molar-refractivity contribution is 0.256. The molecule has 0 saturated carbocycles. The molecule has 18 heavy (non-hydrogen) atoms. The van der Waals surface area contributed by atoms with Crippen molar-refractivity contribution in [3.63, 3.8) is 0 Å². The van der Waals surface area contributed by atoms with Gasteiger partial charge in [-0.1, -0.05) is 44.1 Å². The first kappa shape index (κ1) is 17.4. The third-order valence-corrected chi connectivity index (χ3v) is 3.09. The Morgan fingerprint density at radius 1 is 1.17 bits per heavy atom. The minimum Gasteiger partial charge on any atom is -0.396 e. The summed E-state index contributed by atoms with van der Waals surface area (Å²) in [5.41, 5.74) is 1.59. The Hall–Kier alpha value is -0.600. The molecule has 0 radical (unpaired) electrons. The molecule has 106 valence electrons. The van der Waals surface area contributed by atoms with Gasteiger partial charge in [-0.2, -0.15) is 0 Å². The highest BCUT2D eigenvalue weighted by Gasteiger charge is 1.94. The van der Waals surface area contributed by atoms with Crippen molar-refractivity contribution in [3.8, 4) is 0 Å². The molecule has 0 aromatic rings. The summed E-state index contributed by atoms with van der Waals surface area (Å²) in [6.07, 6.45) is 13.8. The Balaban J connectivity index is 3.68. The van der Waals surface area contributed by atoms with E-state index < -0.39 is 0 Å². The summed E-state index contributed by atoms with van der Waals surface area (Å²) in [7, 11) is 2.10. The molecule has 0 aliphatic carbocycles. The maximum atomic E-state index is 8.73. The van der Waals surface area contributed by atoms with Crippen molar-refractivity contribution in [3.05, 3.63) is 23.8 Å². The fourth-order valence-corrected chi connectivity index (χ4v) is 1.84. The number of hydrogen-bond acceptors (Lipinski definition) is 2. The number of nitrogens with zero attached hydrogens (tertiary/aromatic N) is 1. The lowest BCUT2D eigenvalue weighted by Gasteiger charge is -2.12. The smallest absolute Gasteiger partial charge is 0.0443 e. The molecule has 0 heterocycles. The number of rotatable bonds is 11. The number of unbranched alkanes of at least 4 members (excludes halogenated alkanes) is 1. The van der Waals surface area contributed by atoms with Crippen molar-refractivity contribution >= 4 is 0 Å². The number of aliphatic hydroxyl groups is 1. The van der Waals surface area contributed by atoms with Gasteiger partial charge >= 0.3 is 0 Å². The normalized spacial score (nSPS) is 12.8. The average Bonchev–Trinajstić information content (AvgIpc) is 2.39. The van der Waals surface area contributed by atoms with Crippen LogP contribution in [0.2, 0.25) is 0 Å². The summed E-state index contributed by atoms with van der Waals surface area (Å²) < 4.78 is 0. The number of likely N-dealkylation sites (N-methyl/N-ethyl adjacent to an activating group) is 1.